The fourth-order valence-corrected chi connectivity index (χ4v) is 4.76. The van der Waals surface area contributed by atoms with E-state index in [1.807, 2.05) is 62.4 Å². The Labute approximate surface area is 218 Å². The lowest BCUT2D eigenvalue weighted by Crippen LogP contribution is -2.53. The normalized spacial score (nSPS) is 14.2. The van der Waals surface area contributed by atoms with Crippen molar-refractivity contribution in [1.29, 1.82) is 0 Å². The van der Waals surface area contributed by atoms with Gasteiger partial charge < -0.3 is 15.0 Å². The number of amides is 2. The van der Waals surface area contributed by atoms with Gasteiger partial charge in [-0.05, 0) is 61.6 Å². The molecule has 2 amide bonds. The van der Waals surface area contributed by atoms with Crippen molar-refractivity contribution in [3.8, 4) is 5.75 Å². The van der Waals surface area contributed by atoms with Crippen molar-refractivity contribution in [3.05, 3.63) is 101 Å². The van der Waals surface area contributed by atoms with Gasteiger partial charge in [0.15, 0.2) is 6.61 Å². The quantitative estimate of drug-likeness (QED) is 0.397. The zero-order valence-corrected chi connectivity index (χ0v) is 21.6. The van der Waals surface area contributed by atoms with Gasteiger partial charge in [-0.2, -0.15) is 0 Å². The van der Waals surface area contributed by atoms with E-state index < -0.39 is 11.9 Å². The first kappa shape index (κ1) is 26.4. The fraction of sp³-hybridized carbons (Fsp3) is 0.355. The first-order valence-corrected chi connectivity index (χ1v) is 13.0. The third kappa shape index (κ3) is 7.19. The summed E-state index contributed by atoms with van der Waals surface area (Å²) >= 11 is 0. The number of carbonyl (C=O) groups excluding carboxylic acids is 2. The van der Waals surface area contributed by atoms with Crippen molar-refractivity contribution >= 4 is 11.8 Å². The molecule has 1 N–H and O–H groups in total. The van der Waals surface area contributed by atoms with Crippen LogP contribution in [0.4, 0.5) is 4.39 Å². The van der Waals surface area contributed by atoms with E-state index in [0.29, 0.717) is 17.7 Å². The Morgan fingerprint density at radius 1 is 0.973 bits per heavy atom. The Kier molecular flexibility index (Phi) is 8.94. The van der Waals surface area contributed by atoms with Crippen molar-refractivity contribution in [2.45, 2.75) is 64.6 Å². The highest BCUT2D eigenvalue weighted by Gasteiger charge is 2.32. The maximum absolute atomic E-state index is 14.7. The summed E-state index contributed by atoms with van der Waals surface area (Å²) in [6.07, 6.45) is 4.34. The van der Waals surface area contributed by atoms with Gasteiger partial charge in [-0.15, -0.1) is 0 Å². The molecular weight excluding hydrogens is 467 g/mol. The molecule has 1 saturated carbocycles. The van der Waals surface area contributed by atoms with E-state index in [1.54, 1.807) is 18.2 Å². The highest BCUT2D eigenvalue weighted by Crippen LogP contribution is 2.21. The summed E-state index contributed by atoms with van der Waals surface area (Å²) in [7, 11) is 0. The minimum atomic E-state index is -0.807. The predicted octanol–water partition coefficient (Wildman–Crippen LogP) is 5.52. The molecule has 0 aliphatic heterocycles. The molecule has 1 atom stereocenters. The zero-order valence-electron chi connectivity index (χ0n) is 21.6. The van der Waals surface area contributed by atoms with Gasteiger partial charge in [-0.3, -0.25) is 9.59 Å². The maximum atomic E-state index is 14.7. The van der Waals surface area contributed by atoms with E-state index in [0.717, 1.165) is 42.4 Å². The SMILES string of the molecule is Cc1ccc(OCC(=O)N(Cc2ccccc2F)[C@@H](Cc2ccccc2)C(=O)NC2CCCC2)cc1C. The zero-order chi connectivity index (χ0) is 26.2. The molecule has 0 heterocycles. The minimum absolute atomic E-state index is 0.0304. The van der Waals surface area contributed by atoms with Crippen LogP contribution in [0.1, 0.15) is 47.9 Å². The molecule has 1 aliphatic carbocycles. The van der Waals surface area contributed by atoms with Crippen LogP contribution in [0.15, 0.2) is 72.8 Å². The van der Waals surface area contributed by atoms with Crippen molar-refractivity contribution in [1.82, 2.24) is 10.2 Å². The molecule has 1 aliphatic rings. The van der Waals surface area contributed by atoms with Gasteiger partial charge in [-0.1, -0.05) is 67.4 Å². The van der Waals surface area contributed by atoms with Crippen molar-refractivity contribution in [2.24, 2.45) is 0 Å². The first-order valence-electron chi connectivity index (χ1n) is 13.0. The molecule has 0 bridgehead atoms. The topological polar surface area (TPSA) is 58.6 Å². The molecule has 0 unspecified atom stereocenters. The number of ether oxygens (including phenoxy) is 1. The standard InChI is InChI=1S/C31H35FN2O3/c1-22-16-17-27(18-23(22)2)37-21-30(35)34(20-25-12-6-9-15-28(25)32)29(19-24-10-4-3-5-11-24)31(36)33-26-13-7-8-14-26/h3-6,9-12,15-18,26,29H,7-8,13-14,19-21H2,1-2H3,(H,33,36)/t29-/m0/s1. The number of hydrogen-bond donors (Lipinski definition) is 1. The summed E-state index contributed by atoms with van der Waals surface area (Å²) in [5, 5.41) is 3.16. The summed E-state index contributed by atoms with van der Waals surface area (Å²) in [6, 6.07) is 20.9. The Bertz CT molecular complexity index is 1210. The van der Waals surface area contributed by atoms with Crippen LogP contribution < -0.4 is 10.1 Å². The van der Waals surface area contributed by atoms with Crippen LogP contribution in [0, 0.1) is 19.7 Å². The Balaban J connectivity index is 1.62. The second-order valence-corrected chi connectivity index (χ2v) is 9.84. The smallest absolute Gasteiger partial charge is 0.261 e. The Hall–Kier alpha value is -3.67. The molecule has 1 fully saturated rings. The lowest BCUT2D eigenvalue weighted by atomic mass is 10.0. The van der Waals surface area contributed by atoms with E-state index in [1.165, 1.54) is 11.0 Å². The summed E-state index contributed by atoms with van der Waals surface area (Å²) < 4.78 is 20.5. The summed E-state index contributed by atoms with van der Waals surface area (Å²) in [4.78, 5) is 28.8. The van der Waals surface area contributed by atoms with Crippen LogP contribution in [-0.2, 0) is 22.6 Å². The summed E-state index contributed by atoms with van der Waals surface area (Å²) in [6.45, 7) is 3.71. The molecule has 0 saturated heterocycles. The molecule has 37 heavy (non-hydrogen) atoms. The molecule has 0 radical (unpaired) electrons. The van der Waals surface area contributed by atoms with Crippen LogP contribution in [0.25, 0.3) is 0 Å². The van der Waals surface area contributed by atoms with Crippen LogP contribution >= 0.6 is 0 Å². The number of rotatable bonds is 10. The first-order chi connectivity index (χ1) is 17.9. The highest BCUT2D eigenvalue weighted by molar-refractivity contribution is 5.88. The third-order valence-electron chi connectivity index (χ3n) is 7.11. The molecule has 6 heteroatoms. The highest BCUT2D eigenvalue weighted by atomic mass is 19.1. The summed E-state index contributed by atoms with van der Waals surface area (Å²) in [5.74, 6) is -0.419. The second kappa shape index (κ2) is 12.5. The molecule has 0 spiro atoms. The lowest BCUT2D eigenvalue weighted by Gasteiger charge is -2.32. The molecule has 194 valence electrons. The second-order valence-electron chi connectivity index (χ2n) is 9.84. The van der Waals surface area contributed by atoms with Crippen molar-refractivity contribution in [3.63, 3.8) is 0 Å². The van der Waals surface area contributed by atoms with Crippen LogP contribution in [0.3, 0.4) is 0 Å². The van der Waals surface area contributed by atoms with E-state index in [2.05, 4.69) is 5.32 Å². The van der Waals surface area contributed by atoms with E-state index >= 15 is 0 Å². The number of hydrogen-bond acceptors (Lipinski definition) is 3. The number of aryl methyl sites for hydroxylation is 2. The van der Waals surface area contributed by atoms with E-state index in [4.69, 9.17) is 4.74 Å². The Morgan fingerprint density at radius 2 is 1.68 bits per heavy atom. The van der Waals surface area contributed by atoms with Crippen LogP contribution in [0.5, 0.6) is 5.75 Å². The number of nitrogens with zero attached hydrogens (tertiary/aromatic N) is 1. The molecule has 3 aromatic carbocycles. The molecule has 0 aromatic heterocycles. The average Bonchev–Trinajstić information content (AvgIpc) is 3.41. The monoisotopic (exact) mass is 502 g/mol. The number of carbonyl (C=O) groups is 2. The van der Waals surface area contributed by atoms with Gasteiger partial charge in [0.05, 0.1) is 0 Å². The Morgan fingerprint density at radius 3 is 2.38 bits per heavy atom. The number of benzene rings is 3. The van der Waals surface area contributed by atoms with E-state index in [-0.39, 0.29) is 31.0 Å². The van der Waals surface area contributed by atoms with Crippen LogP contribution in [0.2, 0.25) is 0 Å². The van der Waals surface area contributed by atoms with Crippen molar-refractivity contribution in [2.75, 3.05) is 6.61 Å². The maximum Gasteiger partial charge on any atom is 0.261 e. The van der Waals surface area contributed by atoms with Gasteiger partial charge >= 0.3 is 0 Å². The molecule has 4 rings (SSSR count). The predicted molar refractivity (Wildman–Crippen MR) is 143 cm³/mol. The van der Waals surface area contributed by atoms with Gasteiger partial charge in [0.1, 0.15) is 17.6 Å². The lowest BCUT2D eigenvalue weighted by molar-refractivity contribution is -0.143. The number of halogens is 1. The van der Waals surface area contributed by atoms with E-state index in [9.17, 15) is 14.0 Å². The van der Waals surface area contributed by atoms with Gasteiger partial charge in [0.2, 0.25) is 5.91 Å². The number of nitrogens with one attached hydrogen (secondary N) is 1. The van der Waals surface area contributed by atoms with Crippen LogP contribution in [-0.4, -0.2) is 35.4 Å². The average molecular weight is 503 g/mol. The summed E-state index contributed by atoms with van der Waals surface area (Å²) in [5.41, 5.74) is 3.47. The third-order valence-corrected chi connectivity index (χ3v) is 7.11. The van der Waals surface area contributed by atoms with Crippen molar-refractivity contribution < 1.29 is 18.7 Å². The molecule has 3 aromatic rings. The largest absolute Gasteiger partial charge is 0.484 e. The minimum Gasteiger partial charge on any atom is -0.484 e. The van der Waals surface area contributed by atoms with Gasteiger partial charge in [-0.25, -0.2) is 4.39 Å². The van der Waals surface area contributed by atoms with Gasteiger partial charge in [0.25, 0.3) is 5.91 Å². The molecule has 5 nitrogen and oxygen atoms in total. The fourth-order valence-electron chi connectivity index (χ4n) is 4.76. The van der Waals surface area contributed by atoms with Gasteiger partial charge in [0, 0.05) is 24.6 Å². The molecular formula is C31H35FN2O3.